The quantitative estimate of drug-likeness (QED) is 0.533. The molecule has 1 aliphatic heterocycles. The number of methoxy groups -OCH3 is 1. The number of carbonyl (C=O) groups excluding carboxylic acids is 2. The molecule has 7 heteroatoms. The monoisotopic (exact) mass is 391 g/mol. The van der Waals surface area contributed by atoms with Gasteiger partial charge in [0.25, 0.3) is 5.91 Å². The molecule has 1 aliphatic rings. The van der Waals surface area contributed by atoms with E-state index in [9.17, 15) is 14.0 Å². The number of hydrogen-bond acceptors (Lipinski definition) is 3. The molecule has 0 radical (unpaired) electrons. The average Bonchev–Trinajstić information content (AvgIpc) is 3.30. The van der Waals surface area contributed by atoms with Crippen molar-refractivity contribution in [3.63, 3.8) is 0 Å². The summed E-state index contributed by atoms with van der Waals surface area (Å²) < 4.78 is 21.0. The second-order valence-electron chi connectivity index (χ2n) is 6.47. The molecule has 0 saturated carbocycles. The number of hydrogen-bond donors (Lipinski definition) is 1. The number of urea groups is 1. The minimum absolute atomic E-state index is 0.131. The van der Waals surface area contributed by atoms with Crippen LogP contribution in [-0.4, -0.2) is 28.5 Å². The highest BCUT2D eigenvalue weighted by atomic mass is 19.1. The molecule has 0 spiro atoms. The summed E-state index contributed by atoms with van der Waals surface area (Å²) in [4.78, 5) is 26.0. The first-order valence-corrected chi connectivity index (χ1v) is 8.96. The van der Waals surface area contributed by atoms with Gasteiger partial charge in [-0.2, -0.15) is 0 Å². The predicted octanol–water partition coefficient (Wildman–Crippen LogP) is 3.72. The van der Waals surface area contributed by atoms with Gasteiger partial charge in [-0.15, -0.1) is 0 Å². The van der Waals surface area contributed by atoms with E-state index in [0.29, 0.717) is 5.69 Å². The van der Waals surface area contributed by atoms with Crippen molar-refractivity contribution in [2.24, 2.45) is 0 Å². The zero-order chi connectivity index (χ0) is 20.4. The van der Waals surface area contributed by atoms with Gasteiger partial charge in [0.1, 0.15) is 17.3 Å². The number of aromatic nitrogens is 1. The molecule has 0 atom stereocenters. The third-order valence-corrected chi connectivity index (χ3v) is 4.67. The average molecular weight is 391 g/mol. The fourth-order valence-corrected chi connectivity index (χ4v) is 3.15. The Bertz CT molecular complexity index is 1100. The number of ether oxygens (including phenoxy) is 1. The van der Waals surface area contributed by atoms with E-state index in [1.54, 1.807) is 31.4 Å². The van der Waals surface area contributed by atoms with Crippen molar-refractivity contribution in [2.45, 2.75) is 6.54 Å². The number of rotatable bonds is 5. The number of benzene rings is 2. The zero-order valence-corrected chi connectivity index (χ0v) is 15.6. The maximum absolute atomic E-state index is 13.9. The summed E-state index contributed by atoms with van der Waals surface area (Å²) in [6, 6.07) is 16.6. The van der Waals surface area contributed by atoms with Crippen LogP contribution in [0, 0.1) is 5.82 Å². The molecule has 0 aliphatic carbocycles. The summed E-state index contributed by atoms with van der Waals surface area (Å²) in [6.07, 6.45) is 3.46. The third-order valence-electron chi connectivity index (χ3n) is 4.67. The molecular weight excluding hydrogens is 373 g/mol. The lowest BCUT2D eigenvalue weighted by Gasteiger charge is -2.12. The minimum atomic E-state index is -0.577. The molecule has 0 bridgehead atoms. The Hall–Kier alpha value is -3.87. The Morgan fingerprint density at radius 3 is 2.52 bits per heavy atom. The van der Waals surface area contributed by atoms with Gasteiger partial charge in [-0.25, -0.2) is 9.18 Å². The van der Waals surface area contributed by atoms with Gasteiger partial charge in [-0.05, 0) is 48.5 Å². The van der Waals surface area contributed by atoms with Crippen LogP contribution in [0.5, 0.6) is 5.75 Å². The molecule has 6 nitrogen and oxygen atoms in total. The SMILES string of the molecule is COc1ccc(-n2cccc2/C=C2\NC(=O)N(Cc3ccccc3F)C2=O)cc1. The van der Waals surface area contributed by atoms with E-state index in [2.05, 4.69) is 5.32 Å². The van der Waals surface area contributed by atoms with E-state index >= 15 is 0 Å². The first-order chi connectivity index (χ1) is 14.1. The van der Waals surface area contributed by atoms with Crippen LogP contribution < -0.4 is 10.1 Å². The van der Waals surface area contributed by atoms with E-state index in [1.165, 1.54) is 6.07 Å². The molecule has 1 N–H and O–H groups in total. The van der Waals surface area contributed by atoms with Crippen molar-refractivity contribution in [3.05, 3.63) is 89.6 Å². The van der Waals surface area contributed by atoms with Gasteiger partial charge in [-0.3, -0.25) is 9.69 Å². The molecule has 1 aromatic heterocycles. The molecule has 146 valence electrons. The fourth-order valence-electron chi connectivity index (χ4n) is 3.15. The normalized spacial score (nSPS) is 15.1. The van der Waals surface area contributed by atoms with Gasteiger partial charge in [0.2, 0.25) is 0 Å². The van der Waals surface area contributed by atoms with E-state index in [1.807, 2.05) is 47.2 Å². The molecule has 1 fully saturated rings. The highest BCUT2D eigenvalue weighted by molar-refractivity contribution is 6.13. The summed E-state index contributed by atoms with van der Waals surface area (Å²) in [5.41, 5.74) is 2.01. The summed E-state index contributed by atoms with van der Waals surface area (Å²) >= 11 is 0. The molecule has 4 rings (SSSR count). The van der Waals surface area contributed by atoms with E-state index in [4.69, 9.17) is 4.74 Å². The van der Waals surface area contributed by atoms with Crippen molar-refractivity contribution in [2.75, 3.05) is 7.11 Å². The van der Waals surface area contributed by atoms with E-state index in [0.717, 1.165) is 16.3 Å². The Kier molecular flexibility index (Phi) is 4.87. The van der Waals surface area contributed by atoms with Crippen molar-refractivity contribution < 1.29 is 18.7 Å². The maximum atomic E-state index is 13.9. The number of nitrogens with one attached hydrogen (secondary N) is 1. The van der Waals surface area contributed by atoms with Crippen LogP contribution in [0.3, 0.4) is 0 Å². The van der Waals surface area contributed by atoms with Crippen molar-refractivity contribution in [3.8, 4) is 11.4 Å². The largest absolute Gasteiger partial charge is 0.497 e. The highest BCUT2D eigenvalue weighted by Crippen LogP contribution is 2.21. The number of carbonyl (C=O) groups is 2. The fraction of sp³-hybridized carbons (Fsp3) is 0.0909. The number of imide groups is 1. The number of amides is 3. The van der Waals surface area contributed by atoms with Crippen LogP contribution in [0.1, 0.15) is 11.3 Å². The van der Waals surface area contributed by atoms with E-state index < -0.39 is 17.8 Å². The highest BCUT2D eigenvalue weighted by Gasteiger charge is 2.34. The van der Waals surface area contributed by atoms with Gasteiger partial charge in [0.15, 0.2) is 0 Å². The lowest BCUT2D eigenvalue weighted by molar-refractivity contribution is -0.123. The van der Waals surface area contributed by atoms with Crippen molar-refractivity contribution in [1.82, 2.24) is 14.8 Å². The first kappa shape index (κ1) is 18.5. The summed E-state index contributed by atoms with van der Waals surface area (Å²) in [6.45, 7) is -0.131. The molecule has 29 heavy (non-hydrogen) atoms. The van der Waals surface area contributed by atoms with Crippen LogP contribution in [0.25, 0.3) is 11.8 Å². The van der Waals surface area contributed by atoms with Gasteiger partial charge in [-0.1, -0.05) is 18.2 Å². The molecule has 3 amide bonds. The minimum Gasteiger partial charge on any atom is -0.497 e. The van der Waals surface area contributed by atoms with Crippen LogP contribution in [0.2, 0.25) is 0 Å². The zero-order valence-electron chi connectivity index (χ0n) is 15.6. The molecule has 2 aromatic carbocycles. The summed E-state index contributed by atoms with van der Waals surface area (Å²) in [5.74, 6) is -0.220. The Morgan fingerprint density at radius 1 is 1.03 bits per heavy atom. The predicted molar refractivity (Wildman–Crippen MR) is 106 cm³/mol. The van der Waals surface area contributed by atoms with Crippen molar-refractivity contribution in [1.29, 1.82) is 0 Å². The Labute approximate surface area is 166 Å². The van der Waals surface area contributed by atoms with Crippen LogP contribution in [-0.2, 0) is 11.3 Å². The lowest BCUT2D eigenvalue weighted by atomic mass is 10.2. The van der Waals surface area contributed by atoms with Crippen LogP contribution in [0.4, 0.5) is 9.18 Å². The number of nitrogens with zero attached hydrogens (tertiary/aromatic N) is 2. The van der Waals surface area contributed by atoms with E-state index in [-0.39, 0.29) is 17.8 Å². The standard InChI is InChI=1S/C22H18FN3O3/c1-29-18-10-8-16(9-11-18)25-12-4-6-17(25)13-20-21(27)26(22(28)24-20)14-15-5-2-3-7-19(15)23/h2-13H,14H2,1H3,(H,24,28)/b20-13-. The van der Waals surface area contributed by atoms with Gasteiger partial charge in [0.05, 0.1) is 13.7 Å². The van der Waals surface area contributed by atoms with Gasteiger partial charge in [0, 0.05) is 23.1 Å². The third kappa shape index (κ3) is 3.62. The molecule has 2 heterocycles. The smallest absolute Gasteiger partial charge is 0.329 e. The molecule has 3 aromatic rings. The first-order valence-electron chi connectivity index (χ1n) is 8.96. The van der Waals surface area contributed by atoms with Gasteiger partial charge < -0.3 is 14.6 Å². The topological polar surface area (TPSA) is 63.6 Å². The summed E-state index contributed by atoms with van der Waals surface area (Å²) in [7, 11) is 1.60. The Balaban J connectivity index is 1.60. The lowest BCUT2D eigenvalue weighted by Crippen LogP contribution is -2.30. The summed E-state index contributed by atoms with van der Waals surface area (Å²) in [5, 5.41) is 2.57. The second kappa shape index (κ2) is 7.63. The number of halogens is 1. The van der Waals surface area contributed by atoms with Crippen molar-refractivity contribution >= 4 is 18.0 Å². The Morgan fingerprint density at radius 2 is 1.79 bits per heavy atom. The van der Waals surface area contributed by atoms with Crippen LogP contribution >= 0.6 is 0 Å². The molecular formula is C22H18FN3O3. The van der Waals surface area contributed by atoms with Gasteiger partial charge >= 0.3 is 6.03 Å². The maximum Gasteiger partial charge on any atom is 0.329 e. The second-order valence-corrected chi connectivity index (χ2v) is 6.47. The molecule has 1 saturated heterocycles. The molecule has 0 unspecified atom stereocenters. The van der Waals surface area contributed by atoms with Crippen LogP contribution in [0.15, 0.2) is 72.6 Å².